The topological polar surface area (TPSA) is 26.3 Å². The summed E-state index contributed by atoms with van der Waals surface area (Å²) < 4.78 is 34.0. The smallest absolute Gasteiger partial charge is 0.343 e. The highest BCUT2D eigenvalue weighted by Gasteiger charge is 2.15. The third-order valence-corrected chi connectivity index (χ3v) is 6.44. The molecular weight excluding hydrogens is 466 g/mol. The fourth-order valence-corrected chi connectivity index (χ4v) is 4.32. The number of benzene rings is 4. The molecule has 0 unspecified atom stereocenters. The molecule has 0 aliphatic rings. The third kappa shape index (κ3) is 6.79. The van der Waals surface area contributed by atoms with Gasteiger partial charge in [-0.1, -0.05) is 85.8 Å². The maximum Gasteiger partial charge on any atom is 0.343 e. The van der Waals surface area contributed by atoms with Gasteiger partial charge < -0.3 is 4.74 Å². The molecule has 4 aromatic carbocycles. The molecule has 0 fully saturated rings. The number of hydrogen-bond acceptors (Lipinski definition) is 2. The Morgan fingerprint density at radius 2 is 1.46 bits per heavy atom. The zero-order chi connectivity index (χ0) is 26.2. The van der Waals surface area contributed by atoms with Crippen molar-refractivity contribution in [3.8, 4) is 16.9 Å². The lowest BCUT2D eigenvalue weighted by Crippen LogP contribution is -2.09. The summed E-state index contributed by atoms with van der Waals surface area (Å²) in [5.41, 5.74) is 4.86. The van der Waals surface area contributed by atoms with Gasteiger partial charge in [-0.2, -0.15) is 0 Å². The summed E-state index contributed by atoms with van der Waals surface area (Å²) >= 11 is 0. The lowest BCUT2D eigenvalue weighted by molar-refractivity contribution is 0.0734. The van der Waals surface area contributed by atoms with Crippen molar-refractivity contribution < 1.29 is 18.3 Å². The van der Waals surface area contributed by atoms with Crippen LogP contribution >= 0.6 is 0 Å². The first-order chi connectivity index (χ1) is 17.9. The number of hydrogen-bond donors (Lipinski definition) is 0. The molecule has 0 radical (unpaired) electrons. The van der Waals surface area contributed by atoms with Crippen LogP contribution in [0.1, 0.15) is 53.2 Å². The van der Waals surface area contributed by atoms with E-state index in [1.54, 1.807) is 12.1 Å². The number of ether oxygens (including phenoxy) is 1. The van der Waals surface area contributed by atoms with Crippen molar-refractivity contribution in [2.45, 2.75) is 39.0 Å². The van der Waals surface area contributed by atoms with Gasteiger partial charge in [0.25, 0.3) is 0 Å². The van der Waals surface area contributed by atoms with Crippen LogP contribution in [0.4, 0.5) is 8.78 Å². The van der Waals surface area contributed by atoms with Crippen molar-refractivity contribution in [3.05, 3.63) is 137 Å². The summed E-state index contributed by atoms with van der Waals surface area (Å²) in [6.07, 6.45) is 5.40. The van der Waals surface area contributed by atoms with Crippen molar-refractivity contribution in [1.82, 2.24) is 0 Å². The minimum absolute atomic E-state index is 0.0113. The number of carbonyl (C=O) groups excluding carboxylic acids is 1. The van der Waals surface area contributed by atoms with Crippen LogP contribution in [-0.2, 0) is 12.8 Å². The molecule has 0 saturated carbocycles. The average Bonchev–Trinajstić information content (AvgIpc) is 2.91. The quantitative estimate of drug-likeness (QED) is 0.132. The van der Waals surface area contributed by atoms with Crippen molar-refractivity contribution in [2.24, 2.45) is 0 Å². The Balaban J connectivity index is 1.39. The van der Waals surface area contributed by atoms with E-state index in [1.165, 1.54) is 11.1 Å². The van der Waals surface area contributed by atoms with E-state index in [0.29, 0.717) is 17.9 Å². The van der Waals surface area contributed by atoms with Gasteiger partial charge in [0.15, 0.2) is 0 Å². The molecule has 0 aliphatic carbocycles. The number of rotatable bonds is 9. The number of allylic oxidation sites excluding steroid dienone is 2. The first-order valence-electron chi connectivity index (χ1n) is 12.5. The Labute approximate surface area is 217 Å². The second kappa shape index (κ2) is 12.3. The molecule has 188 valence electrons. The lowest BCUT2D eigenvalue weighted by Gasteiger charge is -2.12. The normalized spacial score (nSPS) is 12.0. The predicted molar refractivity (Wildman–Crippen MR) is 145 cm³/mol. The fraction of sp³-hybridized carbons (Fsp3) is 0.182. The Morgan fingerprint density at radius 3 is 2.05 bits per heavy atom. The Kier molecular flexibility index (Phi) is 8.63. The molecule has 0 bridgehead atoms. The van der Waals surface area contributed by atoms with Crippen LogP contribution < -0.4 is 4.74 Å². The van der Waals surface area contributed by atoms with E-state index in [2.05, 4.69) is 55.5 Å². The molecule has 0 heterocycles. The minimum Gasteiger partial charge on any atom is -0.423 e. The van der Waals surface area contributed by atoms with E-state index >= 15 is 0 Å². The van der Waals surface area contributed by atoms with Crippen LogP contribution in [0, 0.1) is 11.6 Å². The van der Waals surface area contributed by atoms with E-state index in [1.807, 2.05) is 37.3 Å². The van der Waals surface area contributed by atoms with E-state index in [4.69, 9.17) is 4.74 Å². The van der Waals surface area contributed by atoms with E-state index in [0.717, 1.165) is 29.7 Å². The Bertz CT molecular complexity index is 1340. The van der Waals surface area contributed by atoms with Gasteiger partial charge in [0.1, 0.15) is 17.4 Å². The largest absolute Gasteiger partial charge is 0.423 e. The summed E-state index contributed by atoms with van der Waals surface area (Å²) in [4.78, 5) is 12.6. The molecule has 4 heteroatoms. The molecule has 0 spiro atoms. The molecule has 4 rings (SSSR count). The maximum atomic E-state index is 14.4. The zero-order valence-corrected chi connectivity index (χ0v) is 21.1. The van der Waals surface area contributed by atoms with Gasteiger partial charge in [0, 0.05) is 17.7 Å². The predicted octanol–water partition coefficient (Wildman–Crippen LogP) is 8.71. The monoisotopic (exact) mass is 496 g/mol. The van der Waals surface area contributed by atoms with Crippen molar-refractivity contribution in [2.75, 3.05) is 0 Å². The second-order valence-corrected chi connectivity index (χ2v) is 9.15. The van der Waals surface area contributed by atoms with Crippen molar-refractivity contribution in [3.63, 3.8) is 0 Å². The molecule has 2 nitrogen and oxygen atoms in total. The van der Waals surface area contributed by atoms with Crippen LogP contribution in [0.15, 0.2) is 103 Å². The summed E-state index contributed by atoms with van der Waals surface area (Å²) in [6, 6.07) is 28.0. The second-order valence-electron chi connectivity index (χ2n) is 9.15. The number of halogens is 2. The lowest BCUT2D eigenvalue weighted by atomic mass is 9.93. The van der Waals surface area contributed by atoms with Crippen molar-refractivity contribution in [1.29, 1.82) is 0 Å². The van der Waals surface area contributed by atoms with Crippen LogP contribution in [0.3, 0.4) is 0 Å². The van der Waals surface area contributed by atoms with E-state index < -0.39 is 17.6 Å². The third-order valence-electron chi connectivity index (χ3n) is 6.44. The van der Waals surface area contributed by atoms with Gasteiger partial charge in [-0.05, 0) is 66.5 Å². The number of carbonyl (C=O) groups is 1. The molecule has 1 atom stereocenters. The van der Waals surface area contributed by atoms with Crippen LogP contribution in [-0.4, -0.2) is 5.97 Å². The first-order valence-corrected chi connectivity index (χ1v) is 12.5. The van der Waals surface area contributed by atoms with Crippen LogP contribution in [0.25, 0.3) is 11.1 Å². The molecule has 0 aliphatic heterocycles. The standard InChI is InChI=1S/C33H30F2O2/c1-3-4-6-11-30-31(34)21-29(22-32(30)35)37-33(36)28-18-16-27(17-19-28)26-14-12-24(13-15-26)20-23(2)25-9-7-5-8-10-25/h3-5,7-10,12-19,21-23H,6,11,20H2,1-2H3/b4-3+/t23-/m0/s1. The molecule has 0 amide bonds. The maximum absolute atomic E-state index is 14.4. The van der Waals surface area contributed by atoms with E-state index in [-0.39, 0.29) is 17.7 Å². The zero-order valence-electron chi connectivity index (χ0n) is 21.1. The summed E-state index contributed by atoms with van der Waals surface area (Å²) in [7, 11) is 0. The summed E-state index contributed by atoms with van der Waals surface area (Å²) in [6.45, 7) is 4.08. The van der Waals surface area contributed by atoms with Gasteiger partial charge >= 0.3 is 5.97 Å². The molecule has 0 N–H and O–H groups in total. The molecular formula is C33H30F2O2. The van der Waals surface area contributed by atoms with Gasteiger partial charge in [-0.25, -0.2) is 13.6 Å². The molecule has 0 saturated heterocycles. The summed E-state index contributed by atoms with van der Waals surface area (Å²) in [5.74, 6) is -1.83. The van der Waals surface area contributed by atoms with Gasteiger partial charge in [0.2, 0.25) is 0 Å². The average molecular weight is 497 g/mol. The SMILES string of the molecule is C/C=C/CCc1c(F)cc(OC(=O)c2ccc(-c3ccc(C[C@H](C)c4ccccc4)cc3)cc2)cc1F. The van der Waals surface area contributed by atoms with Gasteiger partial charge in [-0.15, -0.1) is 0 Å². The molecule has 0 aromatic heterocycles. The summed E-state index contributed by atoms with van der Waals surface area (Å²) in [5, 5.41) is 0. The molecule has 4 aromatic rings. The highest BCUT2D eigenvalue weighted by molar-refractivity contribution is 5.91. The van der Waals surface area contributed by atoms with Crippen LogP contribution in [0.2, 0.25) is 0 Å². The Hall–Kier alpha value is -4.05. The van der Waals surface area contributed by atoms with Gasteiger partial charge in [-0.3, -0.25) is 0 Å². The van der Waals surface area contributed by atoms with Gasteiger partial charge in [0.05, 0.1) is 5.56 Å². The highest BCUT2D eigenvalue weighted by atomic mass is 19.1. The highest BCUT2D eigenvalue weighted by Crippen LogP contribution is 2.26. The van der Waals surface area contributed by atoms with Crippen molar-refractivity contribution >= 4 is 5.97 Å². The molecule has 37 heavy (non-hydrogen) atoms. The van der Waals surface area contributed by atoms with Crippen LogP contribution in [0.5, 0.6) is 5.75 Å². The fourth-order valence-electron chi connectivity index (χ4n) is 4.32. The Morgan fingerprint density at radius 1 is 0.865 bits per heavy atom. The minimum atomic E-state index is -0.718. The van der Waals surface area contributed by atoms with E-state index in [9.17, 15) is 13.6 Å². The first kappa shape index (κ1) is 26.0. The number of esters is 1.